The van der Waals surface area contributed by atoms with Crippen LogP contribution in [0.4, 0.5) is 0 Å². The Morgan fingerprint density at radius 2 is 2.00 bits per heavy atom. The van der Waals surface area contributed by atoms with Gasteiger partial charge in [-0.25, -0.2) is 0 Å². The lowest BCUT2D eigenvalue weighted by Crippen LogP contribution is -2.26. The summed E-state index contributed by atoms with van der Waals surface area (Å²) in [6.45, 7) is 2.37. The van der Waals surface area contributed by atoms with E-state index in [1.165, 1.54) is 0 Å². The number of carboxylic acid groups (broad SMARTS) is 1. The number of hydrogen-bond donors (Lipinski definition) is 2. The van der Waals surface area contributed by atoms with Gasteiger partial charge >= 0.3 is 5.97 Å². The number of aryl methyl sites for hydroxylation is 1. The average Bonchev–Trinajstić information content (AvgIpc) is 2.61. The van der Waals surface area contributed by atoms with Gasteiger partial charge in [-0.15, -0.1) is 0 Å². The van der Waals surface area contributed by atoms with E-state index in [0.717, 1.165) is 11.1 Å². The lowest BCUT2D eigenvalue weighted by atomic mass is 9.88. The van der Waals surface area contributed by atoms with Gasteiger partial charge in [0.2, 0.25) is 5.91 Å². The molecule has 1 aromatic rings. The number of carbonyl (C=O) groups excluding carboxylic acids is 1. The minimum absolute atomic E-state index is 0.259. The minimum Gasteiger partial charge on any atom is -0.481 e. The van der Waals surface area contributed by atoms with Crippen LogP contribution in [-0.4, -0.2) is 23.5 Å². The quantitative estimate of drug-likeness (QED) is 0.726. The van der Waals surface area contributed by atoms with Crippen LogP contribution in [-0.2, 0) is 9.59 Å². The smallest absolute Gasteiger partial charge is 0.316 e. The molecular weight excluding hydrogens is 206 g/mol. The molecule has 0 bridgehead atoms. The first-order chi connectivity index (χ1) is 7.59. The van der Waals surface area contributed by atoms with Gasteiger partial charge in [-0.1, -0.05) is 29.8 Å². The highest BCUT2D eigenvalue weighted by Crippen LogP contribution is 2.29. The normalized spacial score (nSPS) is 24.2. The van der Waals surface area contributed by atoms with Crippen molar-refractivity contribution >= 4 is 11.9 Å². The van der Waals surface area contributed by atoms with Crippen LogP contribution in [0.15, 0.2) is 24.3 Å². The molecule has 0 unspecified atom stereocenters. The fourth-order valence-electron chi connectivity index (χ4n) is 2.03. The predicted octanol–water partition coefficient (Wildman–Crippen LogP) is 0.909. The molecule has 1 amide bonds. The van der Waals surface area contributed by atoms with Crippen LogP contribution in [0.2, 0.25) is 0 Å². The Labute approximate surface area is 93.3 Å². The van der Waals surface area contributed by atoms with Crippen molar-refractivity contribution in [1.82, 2.24) is 5.32 Å². The first-order valence-electron chi connectivity index (χ1n) is 5.16. The number of aliphatic carboxylic acids is 1. The van der Waals surface area contributed by atoms with E-state index in [1.807, 2.05) is 31.2 Å². The van der Waals surface area contributed by atoms with E-state index >= 15 is 0 Å². The van der Waals surface area contributed by atoms with E-state index in [1.54, 1.807) is 0 Å². The summed E-state index contributed by atoms with van der Waals surface area (Å²) in [6, 6.07) is 7.63. The maximum atomic E-state index is 11.4. The van der Waals surface area contributed by atoms with Crippen LogP contribution in [0.1, 0.15) is 17.0 Å². The van der Waals surface area contributed by atoms with Crippen LogP contribution in [0.3, 0.4) is 0 Å². The molecule has 4 nitrogen and oxygen atoms in total. The SMILES string of the molecule is Cc1ccc([C@@H]2CNC(=O)[C@@H]2C(=O)O)cc1. The molecule has 1 aliphatic heterocycles. The third-order valence-corrected chi connectivity index (χ3v) is 2.95. The van der Waals surface area contributed by atoms with Crippen molar-refractivity contribution < 1.29 is 14.7 Å². The monoisotopic (exact) mass is 219 g/mol. The van der Waals surface area contributed by atoms with Crippen molar-refractivity contribution in [3.8, 4) is 0 Å². The molecular formula is C12H13NO3. The molecule has 1 aliphatic rings. The van der Waals surface area contributed by atoms with Gasteiger partial charge in [0.1, 0.15) is 5.92 Å². The van der Waals surface area contributed by atoms with Crippen LogP contribution >= 0.6 is 0 Å². The zero-order valence-electron chi connectivity index (χ0n) is 8.93. The van der Waals surface area contributed by atoms with E-state index in [4.69, 9.17) is 5.11 Å². The van der Waals surface area contributed by atoms with Crippen LogP contribution < -0.4 is 5.32 Å². The van der Waals surface area contributed by atoms with Crippen molar-refractivity contribution in [2.45, 2.75) is 12.8 Å². The molecule has 0 saturated carbocycles. The average molecular weight is 219 g/mol. The summed E-state index contributed by atoms with van der Waals surface area (Å²) >= 11 is 0. The second-order valence-corrected chi connectivity index (χ2v) is 4.08. The first-order valence-corrected chi connectivity index (χ1v) is 5.16. The summed E-state index contributed by atoms with van der Waals surface area (Å²) in [5.74, 6) is -2.66. The Morgan fingerprint density at radius 3 is 2.56 bits per heavy atom. The summed E-state index contributed by atoms with van der Waals surface area (Å²) in [6.07, 6.45) is 0. The molecule has 0 aliphatic carbocycles. The van der Waals surface area contributed by atoms with Gasteiger partial charge in [0.05, 0.1) is 0 Å². The summed E-state index contributed by atoms with van der Waals surface area (Å²) in [7, 11) is 0. The molecule has 2 atom stereocenters. The summed E-state index contributed by atoms with van der Waals surface area (Å²) in [4.78, 5) is 22.4. The Kier molecular flexibility index (Phi) is 2.64. The van der Waals surface area contributed by atoms with Crippen molar-refractivity contribution in [3.05, 3.63) is 35.4 Å². The number of carbonyl (C=O) groups is 2. The lowest BCUT2D eigenvalue weighted by molar-refractivity contribution is -0.145. The van der Waals surface area contributed by atoms with Crippen LogP contribution in [0.5, 0.6) is 0 Å². The largest absolute Gasteiger partial charge is 0.481 e. The van der Waals surface area contributed by atoms with Crippen LogP contribution in [0, 0.1) is 12.8 Å². The van der Waals surface area contributed by atoms with E-state index in [0.29, 0.717) is 6.54 Å². The molecule has 2 rings (SSSR count). The molecule has 0 spiro atoms. The number of nitrogens with one attached hydrogen (secondary N) is 1. The number of carboxylic acids is 1. The molecule has 1 aromatic carbocycles. The Balaban J connectivity index is 2.30. The molecule has 0 aromatic heterocycles. The highest BCUT2D eigenvalue weighted by Gasteiger charge is 2.40. The van der Waals surface area contributed by atoms with E-state index in [2.05, 4.69) is 5.32 Å². The Morgan fingerprint density at radius 1 is 1.38 bits per heavy atom. The minimum atomic E-state index is -1.06. The molecule has 1 heterocycles. The van der Waals surface area contributed by atoms with Gasteiger partial charge in [-0.05, 0) is 12.5 Å². The van der Waals surface area contributed by atoms with Crippen LogP contribution in [0.25, 0.3) is 0 Å². The summed E-state index contributed by atoms with van der Waals surface area (Å²) < 4.78 is 0. The van der Waals surface area contributed by atoms with E-state index < -0.39 is 17.8 Å². The zero-order valence-corrected chi connectivity index (χ0v) is 8.93. The molecule has 0 radical (unpaired) electrons. The van der Waals surface area contributed by atoms with E-state index in [9.17, 15) is 9.59 Å². The van der Waals surface area contributed by atoms with Crippen molar-refractivity contribution in [2.75, 3.05) is 6.54 Å². The highest BCUT2D eigenvalue weighted by molar-refractivity contribution is 5.99. The van der Waals surface area contributed by atoms with Gasteiger partial charge in [-0.3, -0.25) is 9.59 Å². The van der Waals surface area contributed by atoms with Crippen molar-refractivity contribution in [3.63, 3.8) is 0 Å². The number of benzene rings is 1. The first kappa shape index (κ1) is 10.7. The molecule has 2 N–H and O–H groups in total. The number of amides is 1. The van der Waals surface area contributed by atoms with Gasteiger partial charge in [0, 0.05) is 12.5 Å². The molecule has 84 valence electrons. The number of hydrogen-bond acceptors (Lipinski definition) is 2. The van der Waals surface area contributed by atoms with Gasteiger partial charge < -0.3 is 10.4 Å². The maximum absolute atomic E-state index is 11.4. The molecule has 16 heavy (non-hydrogen) atoms. The number of rotatable bonds is 2. The highest BCUT2D eigenvalue weighted by atomic mass is 16.4. The topological polar surface area (TPSA) is 66.4 Å². The fourth-order valence-corrected chi connectivity index (χ4v) is 2.03. The Bertz CT molecular complexity index is 424. The lowest BCUT2D eigenvalue weighted by Gasteiger charge is -2.13. The van der Waals surface area contributed by atoms with Gasteiger partial charge in [0.25, 0.3) is 0 Å². The molecule has 4 heteroatoms. The van der Waals surface area contributed by atoms with Gasteiger partial charge in [-0.2, -0.15) is 0 Å². The predicted molar refractivity (Wildman–Crippen MR) is 58.1 cm³/mol. The summed E-state index contributed by atoms with van der Waals surface area (Å²) in [5, 5.41) is 11.6. The second-order valence-electron chi connectivity index (χ2n) is 4.08. The fraction of sp³-hybridized carbons (Fsp3) is 0.333. The van der Waals surface area contributed by atoms with Crippen molar-refractivity contribution in [1.29, 1.82) is 0 Å². The zero-order chi connectivity index (χ0) is 11.7. The molecule has 1 saturated heterocycles. The van der Waals surface area contributed by atoms with E-state index in [-0.39, 0.29) is 5.92 Å². The Hall–Kier alpha value is -1.84. The third-order valence-electron chi connectivity index (χ3n) is 2.95. The third kappa shape index (κ3) is 1.78. The van der Waals surface area contributed by atoms with Gasteiger partial charge in [0.15, 0.2) is 0 Å². The maximum Gasteiger partial charge on any atom is 0.316 e. The van der Waals surface area contributed by atoms with Crippen molar-refractivity contribution in [2.24, 2.45) is 5.92 Å². The standard InChI is InChI=1S/C12H13NO3/c1-7-2-4-8(5-3-7)9-6-13-11(14)10(9)12(15)16/h2-5,9-10H,6H2,1H3,(H,13,14)(H,15,16)/t9-,10+/m0/s1. The molecule has 1 fully saturated rings. The summed E-state index contributed by atoms with van der Waals surface area (Å²) in [5.41, 5.74) is 2.02. The second kappa shape index (κ2) is 3.96.